The molecular weight excluding hydrogens is 310 g/mol. The average Bonchev–Trinajstić information content (AvgIpc) is 2.48. The van der Waals surface area contributed by atoms with Gasteiger partial charge in [-0.1, -0.05) is 48.0 Å². The van der Waals surface area contributed by atoms with Crippen molar-refractivity contribution in [3.63, 3.8) is 0 Å². The van der Waals surface area contributed by atoms with Gasteiger partial charge in [-0.15, -0.1) is 0 Å². The van der Waals surface area contributed by atoms with Gasteiger partial charge in [0.15, 0.2) is 0 Å². The van der Waals surface area contributed by atoms with Crippen LogP contribution < -0.4 is 4.72 Å². The number of rotatable bonds is 5. The maximum atomic E-state index is 12.4. The van der Waals surface area contributed by atoms with Crippen molar-refractivity contribution in [1.82, 2.24) is 4.72 Å². The molecule has 0 bridgehead atoms. The van der Waals surface area contributed by atoms with E-state index in [-0.39, 0.29) is 11.5 Å². The van der Waals surface area contributed by atoms with Crippen LogP contribution in [-0.4, -0.2) is 20.1 Å². The number of aliphatic hydroxyl groups is 1. The monoisotopic (exact) mass is 325 g/mol. The van der Waals surface area contributed by atoms with E-state index in [2.05, 4.69) is 4.72 Å². The summed E-state index contributed by atoms with van der Waals surface area (Å²) in [5.41, 5.74) is 1.50. The van der Waals surface area contributed by atoms with E-state index in [1.807, 2.05) is 6.07 Å². The number of aliphatic hydroxyl groups excluding tert-OH is 1. The number of nitrogens with one attached hydrogen (secondary N) is 1. The molecule has 6 heteroatoms. The minimum absolute atomic E-state index is 0.0764. The molecule has 21 heavy (non-hydrogen) atoms. The largest absolute Gasteiger partial charge is 0.394 e. The standard InChI is InChI=1S/C15H16ClNO3S/c1-11-7-8-13(9-14(11)16)21(19,20)17-15(10-18)12-5-3-2-4-6-12/h2-9,15,17-18H,10H2,1H3. The number of hydrogen-bond acceptors (Lipinski definition) is 3. The lowest BCUT2D eigenvalue weighted by Crippen LogP contribution is -2.30. The van der Waals surface area contributed by atoms with Gasteiger partial charge in [0.2, 0.25) is 10.0 Å². The maximum Gasteiger partial charge on any atom is 0.241 e. The van der Waals surface area contributed by atoms with Gasteiger partial charge in [-0.25, -0.2) is 13.1 Å². The topological polar surface area (TPSA) is 66.4 Å². The second-order valence-electron chi connectivity index (χ2n) is 4.68. The second-order valence-corrected chi connectivity index (χ2v) is 6.80. The van der Waals surface area contributed by atoms with E-state index in [9.17, 15) is 13.5 Å². The van der Waals surface area contributed by atoms with Gasteiger partial charge < -0.3 is 5.11 Å². The Balaban J connectivity index is 2.29. The Morgan fingerprint density at radius 3 is 2.43 bits per heavy atom. The first-order valence-corrected chi connectivity index (χ1v) is 8.24. The van der Waals surface area contributed by atoms with Gasteiger partial charge in [0.05, 0.1) is 17.5 Å². The molecular formula is C15H16ClNO3S. The van der Waals surface area contributed by atoms with Gasteiger partial charge in [-0.05, 0) is 30.2 Å². The molecule has 4 nitrogen and oxygen atoms in total. The highest BCUT2D eigenvalue weighted by molar-refractivity contribution is 7.89. The SMILES string of the molecule is Cc1ccc(S(=O)(=O)NC(CO)c2ccccc2)cc1Cl. The second kappa shape index (κ2) is 6.58. The zero-order valence-electron chi connectivity index (χ0n) is 11.5. The molecule has 1 atom stereocenters. The van der Waals surface area contributed by atoms with Crippen molar-refractivity contribution in [3.05, 3.63) is 64.7 Å². The van der Waals surface area contributed by atoms with Crippen molar-refractivity contribution >= 4 is 21.6 Å². The number of aryl methyl sites for hydroxylation is 1. The third-order valence-corrected chi connectivity index (χ3v) is 5.01. The lowest BCUT2D eigenvalue weighted by atomic mass is 10.1. The van der Waals surface area contributed by atoms with Gasteiger partial charge in [-0.3, -0.25) is 0 Å². The molecule has 0 radical (unpaired) electrons. The maximum absolute atomic E-state index is 12.4. The molecule has 2 aromatic carbocycles. The summed E-state index contributed by atoms with van der Waals surface area (Å²) in [6, 6.07) is 12.7. The molecule has 1 unspecified atom stereocenters. The van der Waals surface area contributed by atoms with Crippen LogP contribution in [0.4, 0.5) is 0 Å². The van der Waals surface area contributed by atoms with Crippen molar-refractivity contribution in [3.8, 4) is 0 Å². The summed E-state index contributed by atoms with van der Waals surface area (Å²) in [4.78, 5) is 0.0764. The molecule has 0 aromatic heterocycles. The number of benzene rings is 2. The van der Waals surface area contributed by atoms with Crippen LogP contribution in [0.15, 0.2) is 53.4 Å². The number of sulfonamides is 1. The van der Waals surface area contributed by atoms with Crippen molar-refractivity contribution in [2.45, 2.75) is 17.9 Å². The van der Waals surface area contributed by atoms with Gasteiger partial charge >= 0.3 is 0 Å². The molecule has 0 aliphatic heterocycles. The van der Waals surface area contributed by atoms with Gasteiger partial charge in [-0.2, -0.15) is 0 Å². The Kier molecular flexibility index (Phi) is 5.00. The lowest BCUT2D eigenvalue weighted by Gasteiger charge is -2.17. The molecule has 0 heterocycles. The number of halogens is 1. The van der Waals surface area contributed by atoms with Crippen LogP contribution in [0.1, 0.15) is 17.2 Å². The molecule has 0 spiro atoms. The van der Waals surface area contributed by atoms with Crippen LogP contribution >= 0.6 is 11.6 Å². The average molecular weight is 326 g/mol. The molecule has 0 aliphatic rings. The summed E-state index contributed by atoms with van der Waals surface area (Å²) in [5.74, 6) is 0. The van der Waals surface area contributed by atoms with Gasteiger partial charge in [0.25, 0.3) is 0 Å². The summed E-state index contributed by atoms with van der Waals surface area (Å²) in [6.07, 6.45) is 0. The van der Waals surface area contributed by atoms with Crippen LogP contribution in [-0.2, 0) is 10.0 Å². The van der Waals surface area contributed by atoms with Crippen LogP contribution in [0.5, 0.6) is 0 Å². The fourth-order valence-electron chi connectivity index (χ4n) is 1.89. The Morgan fingerprint density at radius 1 is 1.19 bits per heavy atom. The zero-order chi connectivity index (χ0) is 15.5. The molecule has 112 valence electrons. The fourth-order valence-corrected chi connectivity index (χ4v) is 3.38. The molecule has 2 rings (SSSR count). The molecule has 0 fully saturated rings. The molecule has 0 saturated carbocycles. The normalized spacial score (nSPS) is 13.1. The smallest absolute Gasteiger partial charge is 0.241 e. The summed E-state index contributed by atoms with van der Waals surface area (Å²) >= 11 is 5.97. The van der Waals surface area contributed by atoms with Crippen LogP contribution in [0, 0.1) is 6.92 Å². The van der Waals surface area contributed by atoms with E-state index in [1.165, 1.54) is 12.1 Å². The Labute approximate surface area is 129 Å². The minimum atomic E-state index is -3.75. The van der Waals surface area contributed by atoms with E-state index in [0.29, 0.717) is 10.6 Å². The Bertz CT molecular complexity index is 717. The summed E-state index contributed by atoms with van der Waals surface area (Å²) in [6.45, 7) is 1.47. The molecule has 0 amide bonds. The summed E-state index contributed by atoms with van der Waals surface area (Å²) < 4.78 is 27.2. The third-order valence-electron chi connectivity index (χ3n) is 3.14. The van der Waals surface area contributed by atoms with Crippen molar-refractivity contribution in [2.24, 2.45) is 0 Å². The first kappa shape index (κ1) is 16.0. The van der Waals surface area contributed by atoms with Gasteiger partial charge in [0, 0.05) is 5.02 Å². The molecule has 2 aromatic rings. The first-order valence-electron chi connectivity index (χ1n) is 6.38. The van der Waals surface area contributed by atoms with Crippen molar-refractivity contribution in [1.29, 1.82) is 0 Å². The van der Waals surface area contributed by atoms with E-state index in [4.69, 9.17) is 11.6 Å². The molecule has 0 aliphatic carbocycles. The summed E-state index contributed by atoms with van der Waals surface area (Å²) in [5, 5.41) is 9.82. The highest BCUT2D eigenvalue weighted by Crippen LogP contribution is 2.22. The predicted octanol–water partition coefficient (Wildman–Crippen LogP) is 2.66. The van der Waals surface area contributed by atoms with Crippen molar-refractivity contribution < 1.29 is 13.5 Å². The first-order chi connectivity index (χ1) is 9.94. The fraction of sp³-hybridized carbons (Fsp3) is 0.200. The van der Waals surface area contributed by atoms with Gasteiger partial charge in [0.1, 0.15) is 0 Å². The number of hydrogen-bond donors (Lipinski definition) is 2. The Morgan fingerprint density at radius 2 is 1.86 bits per heavy atom. The van der Waals surface area contributed by atoms with E-state index >= 15 is 0 Å². The Hall–Kier alpha value is -1.40. The molecule has 0 saturated heterocycles. The van der Waals surface area contributed by atoms with E-state index < -0.39 is 16.1 Å². The minimum Gasteiger partial charge on any atom is -0.394 e. The molecule has 2 N–H and O–H groups in total. The van der Waals surface area contributed by atoms with Crippen LogP contribution in [0.25, 0.3) is 0 Å². The van der Waals surface area contributed by atoms with E-state index in [1.54, 1.807) is 37.3 Å². The van der Waals surface area contributed by atoms with Crippen LogP contribution in [0.2, 0.25) is 5.02 Å². The predicted molar refractivity (Wildman–Crippen MR) is 82.8 cm³/mol. The third kappa shape index (κ3) is 3.83. The quantitative estimate of drug-likeness (QED) is 0.888. The summed E-state index contributed by atoms with van der Waals surface area (Å²) in [7, 11) is -3.75. The van der Waals surface area contributed by atoms with Crippen LogP contribution in [0.3, 0.4) is 0 Å². The lowest BCUT2D eigenvalue weighted by molar-refractivity contribution is 0.259. The highest BCUT2D eigenvalue weighted by Gasteiger charge is 2.21. The highest BCUT2D eigenvalue weighted by atomic mass is 35.5. The zero-order valence-corrected chi connectivity index (χ0v) is 13.0. The van der Waals surface area contributed by atoms with Crippen molar-refractivity contribution in [2.75, 3.05) is 6.61 Å². The van der Waals surface area contributed by atoms with E-state index in [0.717, 1.165) is 5.56 Å².